The molecule has 0 fully saturated rings. The van der Waals surface area contributed by atoms with Crippen molar-refractivity contribution in [1.29, 1.82) is 0 Å². The smallest absolute Gasteiger partial charge is 0.252 e. The van der Waals surface area contributed by atoms with Crippen molar-refractivity contribution in [3.8, 4) is 33.4 Å². The van der Waals surface area contributed by atoms with Crippen molar-refractivity contribution in [2.75, 3.05) is 9.80 Å². The van der Waals surface area contributed by atoms with Crippen molar-refractivity contribution in [1.82, 2.24) is 0 Å². The summed E-state index contributed by atoms with van der Waals surface area (Å²) in [6.07, 6.45) is 2.28. The molecule has 9 aromatic carbocycles. The van der Waals surface area contributed by atoms with E-state index in [1.165, 1.54) is 123 Å². The van der Waals surface area contributed by atoms with E-state index in [2.05, 4.69) is 294 Å². The van der Waals surface area contributed by atoms with Crippen LogP contribution in [0.1, 0.15) is 135 Å². The third-order valence-electron chi connectivity index (χ3n) is 18.0. The highest BCUT2D eigenvalue weighted by molar-refractivity contribution is 7.00. The first-order valence-electron chi connectivity index (χ1n) is 28.2. The van der Waals surface area contributed by atoms with Crippen LogP contribution >= 0.6 is 0 Å². The van der Waals surface area contributed by atoms with Gasteiger partial charge in [-0.1, -0.05) is 210 Å². The van der Waals surface area contributed by atoms with Gasteiger partial charge in [-0.05, 0) is 191 Å². The van der Waals surface area contributed by atoms with Crippen LogP contribution in [-0.2, 0) is 27.1 Å². The molecule has 3 aliphatic rings. The summed E-state index contributed by atoms with van der Waals surface area (Å²) in [6, 6.07) is 74.8. The Morgan fingerprint density at radius 1 is 0.377 bits per heavy atom. The lowest BCUT2D eigenvalue weighted by Gasteiger charge is -2.48. The molecule has 77 heavy (non-hydrogen) atoms. The minimum atomic E-state index is -0.242. The molecule has 9 aromatic rings. The van der Waals surface area contributed by atoms with Crippen LogP contribution in [0.15, 0.2) is 194 Å². The van der Waals surface area contributed by atoms with Crippen molar-refractivity contribution < 1.29 is 0 Å². The Morgan fingerprint density at radius 3 is 1.43 bits per heavy atom. The van der Waals surface area contributed by atoms with Crippen molar-refractivity contribution in [2.24, 2.45) is 0 Å². The molecule has 384 valence electrons. The van der Waals surface area contributed by atoms with Crippen LogP contribution in [0.5, 0.6) is 0 Å². The summed E-state index contributed by atoms with van der Waals surface area (Å²) in [5.74, 6) is 0. The zero-order valence-electron chi connectivity index (χ0n) is 47.9. The minimum absolute atomic E-state index is 0.00180. The minimum Gasteiger partial charge on any atom is -0.311 e. The second-order valence-electron chi connectivity index (χ2n) is 26.6. The maximum atomic E-state index is 2.71. The van der Waals surface area contributed by atoms with Gasteiger partial charge >= 0.3 is 0 Å². The lowest BCUT2D eigenvalue weighted by molar-refractivity contribution is 0.332. The van der Waals surface area contributed by atoms with E-state index in [-0.39, 0.29) is 33.8 Å². The monoisotopic (exact) mass is 1000 g/mol. The SMILES string of the molecule is Cc1cc2c3c(c1)N(c1ccc(C(C)(C)C)cc1-c1cc(-c4ccccc4)cc(-c4ccccc4)c1)c1cc4c(cc1B3c1cc(C(C)(C)c3ccccc3)ccc1N2c1ccc(C(C)(C)C)cc1)C(C)(C)CCC4(C)C. The van der Waals surface area contributed by atoms with Gasteiger partial charge in [0, 0.05) is 39.4 Å². The number of hydrogen-bond donors (Lipinski definition) is 0. The van der Waals surface area contributed by atoms with Gasteiger partial charge in [0.1, 0.15) is 0 Å². The quantitative estimate of drug-likeness (QED) is 0.147. The highest BCUT2D eigenvalue weighted by atomic mass is 15.2. The average Bonchev–Trinajstić information content (AvgIpc) is 3.50. The third-order valence-corrected chi connectivity index (χ3v) is 18.0. The molecule has 0 bridgehead atoms. The Morgan fingerprint density at radius 2 is 0.857 bits per heavy atom. The second-order valence-corrected chi connectivity index (χ2v) is 26.6. The summed E-state index contributed by atoms with van der Waals surface area (Å²) in [7, 11) is 0. The fraction of sp³-hybridized carbons (Fsp3) is 0.270. The number of nitrogens with zero attached hydrogens (tertiary/aromatic N) is 2. The van der Waals surface area contributed by atoms with Crippen molar-refractivity contribution in [2.45, 2.75) is 130 Å². The van der Waals surface area contributed by atoms with Gasteiger partial charge < -0.3 is 9.80 Å². The van der Waals surface area contributed by atoms with Crippen LogP contribution in [0.25, 0.3) is 33.4 Å². The molecule has 2 aliphatic heterocycles. The van der Waals surface area contributed by atoms with Crippen molar-refractivity contribution >= 4 is 57.2 Å². The standard InChI is InChI=1S/C74H75BN2/c1-48-39-67-69-68(40-48)77(64-35-31-56(71(5,6)7)44-59(64)53-42-51(49-23-17-14-18-24-49)41-52(43-53)50-25-19-15-20-26-50)66-47-61-60(72(8,9)37-38-73(61,10)11)46-63(66)75(69)62-45-57(74(12,13)55-27-21-16-22-28-55)32-36-65(62)76(67)58-33-29-54(30-34-58)70(2,3)4/h14-36,39-47H,37-38H2,1-13H3. The molecule has 0 saturated carbocycles. The van der Waals surface area contributed by atoms with E-state index >= 15 is 0 Å². The molecule has 0 saturated heterocycles. The number of anilines is 6. The largest absolute Gasteiger partial charge is 0.311 e. The first kappa shape index (κ1) is 50.5. The summed E-state index contributed by atoms with van der Waals surface area (Å²) in [4.78, 5) is 5.30. The number of fused-ring (bicyclic) bond motifs is 5. The Bertz CT molecular complexity index is 3680. The molecule has 3 heteroatoms. The third kappa shape index (κ3) is 8.66. The van der Waals surface area contributed by atoms with Crippen LogP contribution in [-0.4, -0.2) is 6.71 Å². The molecular weight excluding hydrogens is 928 g/mol. The summed E-state index contributed by atoms with van der Waals surface area (Å²) in [5, 5.41) is 0. The maximum Gasteiger partial charge on any atom is 0.252 e. The summed E-state index contributed by atoms with van der Waals surface area (Å²) in [5.41, 5.74) is 27.8. The van der Waals surface area contributed by atoms with Gasteiger partial charge in [0.2, 0.25) is 0 Å². The highest BCUT2D eigenvalue weighted by Gasteiger charge is 2.47. The Labute approximate surface area is 461 Å². The molecule has 0 radical (unpaired) electrons. The zero-order valence-corrected chi connectivity index (χ0v) is 47.9. The van der Waals surface area contributed by atoms with Crippen LogP contribution in [0.3, 0.4) is 0 Å². The number of hydrogen-bond acceptors (Lipinski definition) is 2. The molecule has 0 amide bonds. The Balaban J connectivity index is 1.20. The average molecular weight is 1000 g/mol. The summed E-state index contributed by atoms with van der Waals surface area (Å²) >= 11 is 0. The molecule has 0 aromatic heterocycles. The maximum absolute atomic E-state index is 2.71. The summed E-state index contributed by atoms with van der Waals surface area (Å²) < 4.78 is 0. The predicted octanol–water partition coefficient (Wildman–Crippen LogP) is 18.3. The van der Waals surface area contributed by atoms with Crippen LogP contribution in [0.4, 0.5) is 34.1 Å². The first-order chi connectivity index (χ1) is 36.6. The van der Waals surface area contributed by atoms with Crippen LogP contribution < -0.4 is 26.2 Å². The Kier molecular flexibility index (Phi) is 11.9. The second kappa shape index (κ2) is 18.1. The van der Waals surface area contributed by atoms with Gasteiger partial charge in [0.05, 0.1) is 5.69 Å². The molecule has 2 heterocycles. The Hall–Kier alpha value is -7.36. The molecule has 1 aliphatic carbocycles. The zero-order chi connectivity index (χ0) is 54.0. The number of benzene rings is 9. The lowest BCUT2D eigenvalue weighted by atomic mass is 9.33. The van der Waals surface area contributed by atoms with E-state index in [1.54, 1.807) is 0 Å². The molecule has 12 rings (SSSR count). The first-order valence-corrected chi connectivity index (χ1v) is 28.2. The van der Waals surface area contributed by atoms with E-state index in [0.29, 0.717) is 0 Å². The topological polar surface area (TPSA) is 6.48 Å². The molecule has 0 N–H and O–H groups in total. The van der Waals surface area contributed by atoms with E-state index in [0.717, 1.165) is 12.8 Å². The van der Waals surface area contributed by atoms with Gasteiger partial charge in [0.15, 0.2) is 0 Å². The van der Waals surface area contributed by atoms with Crippen LogP contribution in [0.2, 0.25) is 0 Å². The van der Waals surface area contributed by atoms with E-state index in [9.17, 15) is 0 Å². The molecule has 0 spiro atoms. The molecular formula is C74H75BN2. The molecule has 2 nitrogen and oxygen atoms in total. The van der Waals surface area contributed by atoms with Crippen molar-refractivity contribution in [3.05, 3.63) is 233 Å². The van der Waals surface area contributed by atoms with Crippen LogP contribution in [0, 0.1) is 6.92 Å². The van der Waals surface area contributed by atoms with Gasteiger partial charge in [-0.2, -0.15) is 0 Å². The fourth-order valence-corrected chi connectivity index (χ4v) is 13.1. The number of rotatable bonds is 7. The normalized spacial score (nSPS) is 15.4. The predicted molar refractivity (Wildman–Crippen MR) is 333 cm³/mol. The van der Waals surface area contributed by atoms with Gasteiger partial charge in [0.25, 0.3) is 6.71 Å². The van der Waals surface area contributed by atoms with Gasteiger partial charge in [-0.25, -0.2) is 0 Å². The highest BCUT2D eigenvalue weighted by Crippen LogP contribution is 2.53. The van der Waals surface area contributed by atoms with Crippen molar-refractivity contribution in [3.63, 3.8) is 0 Å². The van der Waals surface area contributed by atoms with Gasteiger partial charge in [-0.15, -0.1) is 0 Å². The molecule has 0 unspecified atom stereocenters. The van der Waals surface area contributed by atoms with E-state index in [1.807, 2.05) is 0 Å². The molecule has 0 atom stereocenters. The fourth-order valence-electron chi connectivity index (χ4n) is 13.1. The van der Waals surface area contributed by atoms with E-state index in [4.69, 9.17) is 0 Å². The number of aryl methyl sites for hydroxylation is 1. The van der Waals surface area contributed by atoms with E-state index < -0.39 is 0 Å². The lowest BCUT2D eigenvalue weighted by Crippen LogP contribution is -2.62. The van der Waals surface area contributed by atoms with Gasteiger partial charge in [-0.3, -0.25) is 0 Å². The summed E-state index contributed by atoms with van der Waals surface area (Å²) in [6.45, 7) is 31.0.